The summed E-state index contributed by atoms with van der Waals surface area (Å²) >= 11 is 0. The van der Waals surface area contributed by atoms with Gasteiger partial charge in [-0.2, -0.15) is 0 Å². The maximum atomic E-state index is 11.5. The molecule has 24 heavy (non-hydrogen) atoms. The van der Waals surface area contributed by atoms with E-state index in [4.69, 9.17) is 14.6 Å². The van der Waals surface area contributed by atoms with Gasteiger partial charge in [0.15, 0.2) is 6.10 Å². The van der Waals surface area contributed by atoms with Crippen LogP contribution in [-0.4, -0.2) is 76.0 Å². The molecule has 1 aliphatic carbocycles. The summed E-state index contributed by atoms with van der Waals surface area (Å²) in [6.07, 6.45) is -1.99. The summed E-state index contributed by atoms with van der Waals surface area (Å²) in [7, 11) is 0. The van der Waals surface area contributed by atoms with Crippen LogP contribution in [0.5, 0.6) is 0 Å². The second-order valence-electron chi connectivity index (χ2n) is 6.13. The third-order valence-corrected chi connectivity index (χ3v) is 4.01. The first-order valence-electron chi connectivity index (χ1n) is 7.81. The quantitative estimate of drug-likeness (QED) is 0.352. The number of nitrogens with one attached hydrogen (secondary N) is 1. The second-order valence-corrected chi connectivity index (χ2v) is 6.13. The number of hydrogen-bond donors (Lipinski definition) is 5. The molecule has 136 valence electrons. The molecule has 0 aromatic heterocycles. The van der Waals surface area contributed by atoms with Crippen LogP contribution in [0.2, 0.25) is 0 Å². The molecule has 1 amide bonds. The van der Waals surface area contributed by atoms with Gasteiger partial charge in [-0.1, -0.05) is 0 Å². The third-order valence-electron chi connectivity index (χ3n) is 4.01. The maximum Gasteiger partial charge on any atom is 0.370 e. The molecule has 0 bridgehead atoms. The van der Waals surface area contributed by atoms with E-state index in [-0.39, 0.29) is 0 Å². The van der Waals surface area contributed by atoms with E-state index >= 15 is 0 Å². The normalized spacial score (nSPS) is 29.2. The molecule has 1 heterocycles. The van der Waals surface area contributed by atoms with Crippen LogP contribution in [-0.2, 0) is 19.1 Å². The minimum atomic E-state index is -1.61. The van der Waals surface area contributed by atoms with Crippen LogP contribution in [0, 0.1) is 5.92 Å². The van der Waals surface area contributed by atoms with Crippen LogP contribution in [0.3, 0.4) is 0 Å². The van der Waals surface area contributed by atoms with Crippen LogP contribution in [0.1, 0.15) is 19.8 Å². The predicted octanol–water partition coefficient (Wildman–Crippen LogP) is -1.63. The Morgan fingerprint density at radius 3 is 2.58 bits per heavy atom. The predicted molar refractivity (Wildman–Crippen MR) is 79.8 cm³/mol. The minimum Gasteiger partial charge on any atom is -0.478 e. The van der Waals surface area contributed by atoms with Crippen molar-refractivity contribution in [3.63, 3.8) is 0 Å². The molecule has 1 unspecified atom stereocenters. The summed E-state index contributed by atoms with van der Waals surface area (Å²) < 4.78 is 10.9. The summed E-state index contributed by atoms with van der Waals surface area (Å²) in [6.45, 7) is 0.920. The van der Waals surface area contributed by atoms with E-state index in [1.165, 1.54) is 13.0 Å². The highest BCUT2D eigenvalue weighted by Crippen LogP contribution is 2.31. The van der Waals surface area contributed by atoms with Crippen LogP contribution in [0.15, 0.2) is 11.8 Å². The molecule has 2 aliphatic rings. The minimum absolute atomic E-state index is 0.398. The topological polar surface area (TPSA) is 146 Å². The van der Waals surface area contributed by atoms with E-state index in [1.54, 1.807) is 0 Å². The van der Waals surface area contributed by atoms with Gasteiger partial charge in [0.2, 0.25) is 11.7 Å². The van der Waals surface area contributed by atoms with Crippen molar-refractivity contribution >= 4 is 11.9 Å². The summed E-state index contributed by atoms with van der Waals surface area (Å²) in [5.74, 6) is -1.82. The van der Waals surface area contributed by atoms with Gasteiger partial charge in [-0.25, -0.2) is 4.79 Å². The van der Waals surface area contributed by atoms with Crippen LogP contribution in [0.25, 0.3) is 0 Å². The first-order valence-corrected chi connectivity index (χ1v) is 7.81. The van der Waals surface area contributed by atoms with Crippen LogP contribution < -0.4 is 5.32 Å². The number of ether oxygens (including phenoxy) is 2. The Balaban J connectivity index is 2.25. The molecule has 1 saturated carbocycles. The monoisotopic (exact) mass is 345 g/mol. The number of rotatable bonds is 8. The highest BCUT2D eigenvalue weighted by atomic mass is 16.5. The number of carboxylic acids is 1. The van der Waals surface area contributed by atoms with Gasteiger partial charge < -0.3 is 35.2 Å². The van der Waals surface area contributed by atoms with E-state index in [0.717, 1.165) is 12.8 Å². The zero-order valence-corrected chi connectivity index (χ0v) is 13.3. The van der Waals surface area contributed by atoms with Crippen molar-refractivity contribution in [3.8, 4) is 0 Å². The Hall–Kier alpha value is -1.68. The van der Waals surface area contributed by atoms with Gasteiger partial charge in [0.05, 0.1) is 19.3 Å². The van der Waals surface area contributed by atoms with Crippen LogP contribution >= 0.6 is 0 Å². The Labute approximate surface area is 138 Å². The van der Waals surface area contributed by atoms with Crippen molar-refractivity contribution in [1.29, 1.82) is 0 Å². The lowest BCUT2D eigenvalue weighted by Crippen LogP contribution is -2.60. The molecule has 1 aliphatic heterocycles. The largest absolute Gasteiger partial charge is 0.478 e. The zero-order chi connectivity index (χ0) is 17.9. The van der Waals surface area contributed by atoms with Crippen molar-refractivity contribution in [2.24, 2.45) is 5.92 Å². The summed E-state index contributed by atoms with van der Waals surface area (Å²) in [4.78, 5) is 22.7. The molecule has 2 rings (SSSR count). The average Bonchev–Trinajstić information content (AvgIpc) is 3.35. The first-order chi connectivity index (χ1) is 11.3. The summed E-state index contributed by atoms with van der Waals surface area (Å²) in [6, 6.07) is -0.902. The van der Waals surface area contributed by atoms with Gasteiger partial charge in [0.1, 0.15) is 18.3 Å². The Morgan fingerprint density at radius 1 is 1.42 bits per heavy atom. The van der Waals surface area contributed by atoms with Gasteiger partial charge in [-0.05, 0) is 24.8 Å². The fourth-order valence-corrected chi connectivity index (χ4v) is 2.51. The number of aliphatic carboxylic acids is 1. The molecule has 0 aromatic carbocycles. The molecule has 0 spiro atoms. The van der Waals surface area contributed by atoms with Crippen molar-refractivity contribution in [2.45, 2.75) is 50.2 Å². The van der Waals surface area contributed by atoms with E-state index in [2.05, 4.69) is 5.32 Å². The Kier molecular flexibility index (Phi) is 6.16. The van der Waals surface area contributed by atoms with Crippen molar-refractivity contribution in [3.05, 3.63) is 11.8 Å². The molecule has 1 fully saturated rings. The Bertz CT molecular complexity index is 504. The molecule has 9 nitrogen and oxygen atoms in total. The fraction of sp³-hybridized carbons (Fsp3) is 0.733. The molecule has 0 radical (unpaired) electrons. The highest BCUT2D eigenvalue weighted by molar-refractivity contribution is 5.84. The number of carbonyl (C=O) groups is 2. The molecule has 9 heteroatoms. The molecule has 5 atom stereocenters. The SMILES string of the molecule is CC(=O)N[C@H]1[C@H]([C@H](O)C(O)CO)OC(C(=O)O)=C[C@@H]1OCC1CC1. The standard InChI is InChI=1S/C15H23NO8/c1-7(18)16-12-10(23-6-8-2-3-8)4-11(15(21)22)24-14(12)13(20)9(19)5-17/h4,8-10,12-14,17,19-20H,2-3,5-6H2,1H3,(H,16,18)(H,21,22)/t9?,10-,12+,13+,14+/m0/s1. The number of hydrogen-bond acceptors (Lipinski definition) is 7. The van der Waals surface area contributed by atoms with Gasteiger partial charge in [0, 0.05) is 6.92 Å². The number of aliphatic hydroxyl groups is 3. The van der Waals surface area contributed by atoms with Crippen LogP contribution in [0.4, 0.5) is 0 Å². The van der Waals surface area contributed by atoms with E-state index < -0.39 is 54.7 Å². The van der Waals surface area contributed by atoms with Gasteiger partial charge in [0.25, 0.3) is 0 Å². The molecule has 0 aromatic rings. The fourth-order valence-electron chi connectivity index (χ4n) is 2.51. The number of amides is 1. The summed E-state index contributed by atoms with van der Waals surface area (Å²) in [5, 5.41) is 40.6. The number of carbonyl (C=O) groups excluding carboxylic acids is 1. The van der Waals surface area contributed by atoms with Crippen molar-refractivity contribution in [2.75, 3.05) is 13.2 Å². The molecule has 0 saturated heterocycles. The smallest absolute Gasteiger partial charge is 0.370 e. The Morgan fingerprint density at radius 2 is 2.08 bits per heavy atom. The van der Waals surface area contributed by atoms with Crippen molar-refractivity contribution < 1.29 is 39.5 Å². The third kappa shape index (κ3) is 4.67. The molecule has 5 N–H and O–H groups in total. The summed E-state index contributed by atoms with van der Waals surface area (Å²) in [5.41, 5.74) is 0. The van der Waals surface area contributed by atoms with Gasteiger partial charge in [-0.15, -0.1) is 0 Å². The molecular weight excluding hydrogens is 322 g/mol. The maximum absolute atomic E-state index is 11.5. The average molecular weight is 345 g/mol. The first kappa shape index (κ1) is 18.7. The lowest BCUT2D eigenvalue weighted by atomic mass is 9.93. The lowest BCUT2D eigenvalue weighted by Gasteiger charge is -2.39. The molecular formula is C15H23NO8. The number of aliphatic hydroxyl groups excluding tert-OH is 3. The highest BCUT2D eigenvalue weighted by Gasteiger charge is 2.44. The second kappa shape index (κ2) is 7.93. The zero-order valence-electron chi connectivity index (χ0n) is 13.3. The van der Waals surface area contributed by atoms with Gasteiger partial charge >= 0.3 is 5.97 Å². The van der Waals surface area contributed by atoms with E-state index in [0.29, 0.717) is 12.5 Å². The van der Waals surface area contributed by atoms with E-state index in [9.17, 15) is 24.9 Å². The number of carboxylic acid groups (broad SMARTS) is 1. The van der Waals surface area contributed by atoms with Gasteiger partial charge in [-0.3, -0.25) is 4.79 Å². The van der Waals surface area contributed by atoms with E-state index in [1.807, 2.05) is 0 Å². The van der Waals surface area contributed by atoms with Crippen molar-refractivity contribution in [1.82, 2.24) is 5.32 Å². The lowest BCUT2D eigenvalue weighted by molar-refractivity contribution is -0.151.